The maximum absolute atomic E-state index is 12.7. The molecule has 0 radical (unpaired) electrons. The molecule has 3 saturated carbocycles. The Morgan fingerprint density at radius 2 is 2.00 bits per heavy atom. The van der Waals surface area contributed by atoms with Crippen LogP contribution in [-0.2, 0) is 20.5 Å². The van der Waals surface area contributed by atoms with E-state index in [-0.39, 0.29) is 17.6 Å². The molecule has 1 aromatic carbocycles. The van der Waals surface area contributed by atoms with Gasteiger partial charge in [-0.15, -0.1) is 0 Å². The summed E-state index contributed by atoms with van der Waals surface area (Å²) in [6.07, 6.45) is 2.80. The van der Waals surface area contributed by atoms with Gasteiger partial charge in [-0.3, -0.25) is 0 Å². The molecular weight excluding hydrogens is 393 g/mol. The highest BCUT2D eigenvalue weighted by molar-refractivity contribution is 6.47. The minimum Gasteiger partial charge on any atom is -0.496 e. The molecule has 2 N–H and O–H groups in total. The van der Waals surface area contributed by atoms with Gasteiger partial charge in [-0.1, -0.05) is 26.0 Å². The number of nitrogens with two attached hydrogens (primary N) is 1. The van der Waals surface area contributed by atoms with Crippen molar-refractivity contribution in [1.29, 1.82) is 0 Å². The van der Waals surface area contributed by atoms with Crippen molar-refractivity contribution >= 4 is 13.1 Å². The first kappa shape index (κ1) is 22.6. The summed E-state index contributed by atoms with van der Waals surface area (Å²) >= 11 is 0. The monoisotopic (exact) mass is 429 g/mol. The Morgan fingerprint density at radius 3 is 2.61 bits per heavy atom. The van der Waals surface area contributed by atoms with Crippen LogP contribution in [0.5, 0.6) is 5.75 Å². The molecule has 5 rings (SSSR count). The summed E-state index contributed by atoms with van der Waals surface area (Å²) in [5, 5.41) is 0. The van der Waals surface area contributed by atoms with Crippen LogP contribution in [0, 0.1) is 17.3 Å². The van der Waals surface area contributed by atoms with Gasteiger partial charge in [-0.05, 0) is 75.8 Å². The van der Waals surface area contributed by atoms with Crippen LogP contribution in [0.1, 0.15) is 70.3 Å². The number of hydrogen-bond donors (Lipinski definition) is 1. The minimum atomic E-state index is -0.583. The Hall–Kier alpha value is -1.57. The number of ether oxygens (including phenoxy) is 2. The number of benzene rings is 1. The van der Waals surface area contributed by atoms with Gasteiger partial charge in [0.25, 0.3) is 0 Å². The summed E-state index contributed by atoms with van der Waals surface area (Å²) in [4.78, 5) is 12.7. The molecule has 170 valence electrons. The van der Waals surface area contributed by atoms with Crippen LogP contribution < -0.4 is 10.5 Å². The van der Waals surface area contributed by atoms with Crippen LogP contribution in [0.3, 0.4) is 0 Å². The van der Waals surface area contributed by atoms with E-state index < -0.39 is 18.7 Å². The third kappa shape index (κ3) is 3.79. The Balaban J connectivity index is 1.50. The van der Waals surface area contributed by atoms with Crippen molar-refractivity contribution in [3.05, 3.63) is 29.3 Å². The Kier molecular flexibility index (Phi) is 5.47. The van der Waals surface area contributed by atoms with Crippen LogP contribution in [-0.4, -0.2) is 43.4 Å². The fourth-order valence-electron chi connectivity index (χ4n) is 5.91. The predicted octanol–water partition coefficient (Wildman–Crippen LogP) is 3.79. The Bertz CT molecular complexity index is 866. The van der Waals surface area contributed by atoms with Crippen molar-refractivity contribution in [1.82, 2.24) is 0 Å². The molecule has 5 atom stereocenters. The van der Waals surface area contributed by atoms with Gasteiger partial charge in [-0.25, -0.2) is 4.79 Å². The zero-order chi connectivity index (χ0) is 22.8. The SMILES string of the molecule is COc1c(C[C@H](N)B2O[C@@H]3C[C@@H]4C[C@@H](C4(C)C)[C@]3(C)O2)cccc1C(=O)OC(C)(C)C. The number of methoxy groups -OCH3 is 1. The quantitative estimate of drug-likeness (QED) is 0.567. The third-order valence-electron chi connectivity index (χ3n) is 7.69. The average Bonchev–Trinajstić information content (AvgIpc) is 3.03. The van der Waals surface area contributed by atoms with E-state index in [0.29, 0.717) is 35.0 Å². The highest BCUT2D eigenvalue weighted by atomic mass is 16.7. The van der Waals surface area contributed by atoms with Gasteiger partial charge in [0.2, 0.25) is 0 Å². The first-order chi connectivity index (χ1) is 14.4. The molecular formula is C24H36BNO5. The maximum Gasteiger partial charge on any atom is 0.475 e. The molecule has 4 aliphatic rings. The van der Waals surface area contributed by atoms with Crippen molar-refractivity contribution in [3.63, 3.8) is 0 Å². The van der Waals surface area contributed by atoms with E-state index in [9.17, 15) is 4.79 Å². The second-order valence-electron chi connectivity index (χ2n) is 11.2. The van der Waals surface area contributed by atoms with E-state index >= 15 is 0 Å². The molecule has 0 unspecified atom stereocenters. The first-order valence-corrected chi connectivity index (χ1v) is 11.3. The van der Waals surface area contributed by atoms with Crippen LogP contribution in [0.15, 0.2) is 18.2 Å². The Morgan fingerprint density at radius 1 is 1.29 bits per heavy atom. The van der Waals surface area contributed by atoms with E-state index in [2.05, 4.69) is 20.8 Å². The number of carbonyl (C=O) groups excluding carboxylic acids is 1. The van der Waals surface area contributed by atoms with E-state index in [1.807, 2.05) is 32.9 Å². The zero-order valence-electron chi connectivity index (χ0n) is 19.9. The second kappa shape index (κ2) is 7.50. The largest absolute Gasteiger partial charge is 0.496 e. The third-order valence-corrected chi connectivity index (χ3v) is 7.69. The fourth-order valence-corrected chi connectivity index (χ4v) is 5.91. The van der Waals surface area contributed by atoms with Gasteiger partial charge in [0.15, 0.2) is 0 Å². The van der Waals surface area contributed by atoms with Gasteiger partial charge in [0.1, 0.15) is 16.9 Å². The summed E-state index contributed by atoms with van der Waals surface area (Å²) in [6, 6.07) is 5.48. The zero-order valence-corrected chi connectivity index (χ0v) is 19.9. The van der Waals surface area contributed by atoms with E-state index in [4.69, 9.17) is 24.5 Å². The second-order valence-corrected chi connectivity index (χ2v) is 11.2. The number of hydrogen-bond acceptors (Lipinski definition) is 6. The lowest BCUT2D eigenvalue weighted by molar-refractivity contribution is -0.199. The van der Waals surface area contributed by atoms with Crippen LogP contribution in [0.4, 0.5) is 0 Å². The lowest BCUT2D eigenvalue weighted by atomic mass is 9.43. The van der Waals surface area contributed by atoms with Gasteiger partial charge in [0, 0.05) is 5.94 Å². The van der Waals surface area contributed by atoms with E-state index in [0.717, 1.165) is 12.0 Å². The molecule has 1 aromatic rings. The molecule has 1 aliphatic heterocycles. The normalized spacial score (nSPS) is 32.1. The van der Waals surface area contributed by atoms with Crippen molar-refractivity contribution in [2.24, 2.45) is 23.0 Å². The topological polar surface area (TPSA) is 80.0 Å². The summed E-state index contributed by atoms with van der Waals surface area (Å²) in [5.41, 5.74) is 7.24. The molecule has 2 bridgehead atoms. The predicted molar refractivity (Wildman–Crippen MR) is 120 cm³/mol. The molecule has 3 aliphatic carbocycles. The van der Waals surface area contributed by atoms with Crippen molar-refractivity contribution in [2.45, 2.75) is 84.1 Å². The molecule has 0 amide bonds. The summed E-state index contributed by atoms with van der Waals surface area (Å²) < 4.78 is 24.0. The van der Waals surface area contributed by atoms with Gasteiger partial charge >= 0.3 is 13.1 Å². The van der Waals surface area contributed by atoms with Gasteiger partial charge < -0.3 is 24.5 Å². The molecule has 7 heteroatoms. The molecule has 0 spiro atoms. The van der Waals surface area contributed by atoms with Crippen molar-refractivity contribution < 1.29 is 23.6 Å². The summed E-state index contributed by atoms with van der Waals surface area (Å²) in [7, 11) is 1.09. The molecule has 6 nitrogen and oxygen atoms in total. The standard InChI is InChI=1S/C24H36BNO5/c1-22(2,3)29-21(27)16-10-8-9-14(20(16)28-7)11-19(26)25-30-18-13-15-12-17(23(15,4)5)24(18,6)31-25/h8-10,15,17-19H,11-13,26H2,1-7H3/t15-,17-,18+,19-,24-/m0/s1. The molecule has 4 fully saturated rings. The van der Waals surface area contributed by atoms with Gasteiger partial charge in [-0.2, -0.15) is 0 Å². The molecule has 1 heterocycles. The maximum atomic E-state index is 12.7. The van der Waals surface area contributed by atoms with E-state index in [1.54, 1.807) is 13.2 Å². The number of para-hydroxylation sites is 1. The molecule has 0 aromatic heterocycles. The molecule has 31 heavy (non-hydrogen) atoms. The van der Waals surface area contributed by atoms with Crippen molar-refractivity contribution in [3.8, 4) is 5.75 Å². The highest BCUT2D eigenvalue weighted by Crippen LogP contribution is 2.65. The number of carbonyl (C=O) groups is 1. The average molecular weight is 429 g/mol. The highest BCUT2D eigenvalue weighted by Gasteiger charge is 2.68. The lowest BCUT2D eigenvalue weighted by Crippen LogP contribution is -2.65. The minimum absolute atomic E-state index is 0.0929. The fraction of sp³-hybridized carbons (Fsp3) is 0.708. The smallest absolute Gasteiger partial charge is 0.475 e. The lowest BCUT2D eigenvalue weighted by Gasteiger charge is -2.64. The van der Waals surface area contributed by atoms with Crippen LogP contribution in [0.25, 0.3) is 0 Å². The van der Waals surface area contributed by atoms with Crippen LogP contribution >= 0.6 is 0 Å². The summed E-state index contributed by atoms with van der Waals surface area (Å²) in [5.74, 6) is 0.905. The van der Waals surface area contributed by atoms with Gasteiger partial charge in [0.05, 0.1) is 18.8 Å². The summed E-state index contributed by atoms with van der Waals surface area (Å²) in [6.45, 7) is 12.4. The number of rotatable bonds is 5. The Labute approximate surface area is 186 Å². The van der Waals surface area contributed by atoms with E-state index in [1.165, 1.54) is 6.42 Å². The van der Waals surface area contributed by atoms with Crippen molar-refractivity contribution in [2.75, 3.05) is 7.11 Å². The molecule has 1 saturated heterocycles. The van der Waals surface area contributed by atoms with Crippen LogP contribution in [0.2, 0.25) is 0 Å². The first-order valence-electron chi connectivity index (χ1n) is 11.3. The number of esters is 1.